The summed E-state index contributed by atoms with van der Waals surface area (Å²) in [4.78, 5) is 23.1. The molecule has 0 radical (unpaired) electrons. The highest BCUT2D eigenvalue weighted by molar-refractivity contribution is 6.05. The van der Waals surface area contributed by atoms with E-state index in [1.807, 2.05) is 0 Å². The number of aryl methyl sites for hydroxylation is 1. The molecule has 2 rings (SSSR count). The Balaban J connectivity index is 2.30. The fourth-order valence-electron chi connectivity index (χ4n) is 1.93. The lowest BCUT2D eigenvalue weighted by molar-refractivity contribution is -0.114. The molecule has 0 unspecified atom stereocenters. The normalized spacial score (nSPS) is 10.3. The van der Waals surface area contributed by atoms with Crippen LogP contribution < -0.4 is 10.6 Å². The summed E-state index contributed by atoms with van der Waals surface area (Å²) in [6, 6.07) is 6.28. The minimum Gasteiger partial charge on any atom is -0.326 e. The molecule has 0 bridgehead atoms. The third-order valence-electron chi connectivity index (χ3n) is 3.09. The molecule has 2 N–H and O–H groups in total. The lowest BCUT2D eigenvalue weighted by Crippen LogP contribution is -2.16. The third kappa shape index (κ3) is 3.68. The number of hydrogen-bond acceptors (Lipinski definition) is 2. The molecule has 23 heavy (non-hydrogen) atoms. The summed E-state index contributed by atoms with van der Waals surface area (Å²) in [5, 5.41) is 4.95. The van der Waals surface area contributed by atoms with Crippen molar-refractivity contribution in [2.24, 2.45) is 0 Å². The molecule has 0 saturated heterocycles. The molecule has 4 nitrogen and oxygen atoms in total. The zero-order valence-corrected chi connectivity index (χ0v) is 12.3. The van der Waals surface area contributed by atoms with Crippen molar-refractivity contribution >= 4 is 23.2 Å². The summed E-state index contributed by atoms with van der Waals surface area (Å²) in [5.41, 5.74) is 0.776. The van der Waals surface area contributed by atoms with Crippen LogP contribution in [0.3, 0.4) is 0 Å². The van der Waals surface area contributed by atoms with Gasteiger partial charge in [0.15, 0.2) is 17.5 Å². The van der Waals surface area contributed by atoms with E-state index < -0.39 is 28.9 Å². The van der Waals surface area contributed by atoms with Gasteiger partial charge in [-0.05, 0) is 36.8 Å². The second-order valence-electron chi connectivity index (χ2n) is 4.89. The third-order valence-corrected chi connectivity index (χ3v) is 3.09. The predicted molar refractivity (Wildman–Crippen MR) is 79.8 cm³/mol. The highest BCUT2D eigenvalue weighted by Gasteiger charge is 2.19. The van der Waals surface area contributed by atoms with Crippen LogP contribution in [0.15, 0.2) is 30.3 Å². The van der Waals surface area contributed by atoms with Gasteiger partial charge < -0.3 is 10.6 Å². The minimum atomic E-state index is -1.71. The lowest BCUT2D eigenvalue weighted by atomic mass is 10.1. The second-order valence-corrected chi connectivity index (χ2v) is 4.89. The number of carbonyl (C=O) groups excluding carboxylic acids is 2. The van der Waals surface area contributed by atoms with Crippen LogP contribution in [0.4, 0.5) is 24.5 Å². The van der Waals surface area contributed by atoms with E-state index >= 15 is 0 Å². The summed E-state index contributed by atoms with van der Waals surface area (Å²) in [6.45, 7) is 3.02. The molecule has 0 aromatic heterocycles. The van der Waals surface area contributed by atoms with E-state index in [9.17, 15) is 22.8 Å². The van der Waals surface area contributed by atoms with Crippen molar-refractivity contribution < 1.29 is 22.8 Å². The van der Waals surface area contributed by atoms with E-state index in [4.69, 9.17) is 0 Å². The van der Waals surface area contributed by atoms with E-state index in [0.29, 0.717) is 23.0 Å². The zero-order valence-electron chi connectivity index (χ0n) is 12.3. The van der Waals surface area contributed by atoms with Crippen molar-refractivity contribution in [2.75, 3.05) is 10.6 Å². The Hall–Kier alpha value is -2.83. The molecule has 0 saturated carbocycles. The molecule has 7 heteroatoms. The molecule has 0 aliphatic heterocycles. The Morgan fingerprint density at radius 3 is 2.30 bits per heavy atom. The number of hydrogen-bond donors (Lipinski definition) is 2. The Morgan fingerprint density at radius 1 is 0.957 bits per heavy atom. The monoisotopic (exact) mass is 322 g/mol. The predicted octanol–water partition coefficient (Wildman–Crippen LogP) is 3.62. The number of benzene rings is 2. The highest BCUT2D eigenvalue weighted by atomic mass is 19.2. The standard InChI is InChI=1S/C16H13F3N2O2/c1-8-3-4-10(20-9(2)22)7-13(8)21-16(23)11-5-6-12(17)15(19)14(11)18/h3-7H,1-2H3,(H,20,22)(H,21,23). The topological polar surface area (TPSA) is 58.2 Å². The number of anilines is 2. The molecule has 2 aromatic rings. The smallest absolute Gasteiger partial charge is 0.258 e. The fraction of sp³-hybridized carbons (Fsp3) is 0.125. The maximum Gasteiger partial charge on any atom is 0.258 e. The van der Waals surface area contributed by atoms with Gasteiger partial charge in [0.1, 0.15) is 0 Å². The molecular weight excluding hydrogens is 309 g/mol. The maximum absolute atomic E-state index is 13.6. The van der Waals surface area contributed by atoms with Gasteiger partial charge in [-0.25, -0.2) is 13.2 Å². The number of nitrogens with one attached hydrogen (secondary N) is 2. The summed E-state index contributed by atoms with van der Waals surface area (Å²) >= 11 is 0. The fourth-order valence-corrected chi connectivity index (χ4v) is 1.93. The molecule has 0 fully saturated rings. The number of rotatable bonds is 3. The van der Waals surface area contributed by atoms with E-state index in [0.717, 1.165) is 6.07 Å². The Kier molecular flexibility index (Phi) is 4.68. The number of amides is 2. The Labute approximate surface area is 130 Å². The van der Waals surface area contributed by atoms with E-state index in [-0.39, 0.29) is 5.91 Å². The zero-order chi connectivity index (χ0) is 17.1. The van der Waals surface area contributed by atoms with E-state index in [1.165, 1.54) is 13.0 Å². The molecule has 2 aromatic carbocycles. The first kappa shape index (κ1) is 16.5. The first-order chi connectivity index (χ1) is 10.8. The van der Waals surface area contributed by atoms with Crippen LogP contribution in [-0.2, 0) is 4.79 Å². The Morgan fingerprint density at radius 2 is 1.65 bits per heavy atom. The van der Waals surface area contributed by atoms with Crippen molar-refractivity contribution in [2.45, 2.75) is 13.8 Å². The molecule has 0 heterocycles. The first-order valence-electron chi connectivity index (χ1n) is 6.62. The van der Waals surface area contributed by atoms with Gasteiger partial charge in [0, 0.05) is 18.3 Å². The van der Waals surface area contributed by atoms with Crippen LogP contribution in [0, 0.1) is 24.4 Å². The second kappa shape index (κ2) is 6.51. The van der Waals surface area contributed by atoms with E-state index in [2.05, 4.69) is 10.6 Å². The van der Waals surface area contributed by atoms with Crippen LogP contribution in [0.5, 0.6) is 0 Å². The summed E-state index contributed by atoms with van der Waals surface area (Å²) in [7, 11) is 0. The van der Waals surface area contributed by atoms with Crippen molar-refractivity contribution in [3.8, 4) is 0 Å². The number of carbonyl (C=O) groups is 2. The molecule has 0 atom stereocenters. The van der Waals surface area contributed by atoms with Gasteiger partial charge in [0.2, 0.25) is 5.91 Å². The molecular formula is C16H13F3N2O2. The van der Waals surface area contributed by atoms with Crippen LogP contribution in [0.1, 0.15) is 22.8 Å². The average Bonchev–Trinajstić information content (AvgIpc) is 2.47. The molecule has 2 amide bonds. The van der Waals surface area contributed by atoms with Gasteiger partial charge >= 0.3 is 0 Å². The molecule has 0 spiro atoms. The van der Waals surface area contributed by atoms with Gasteiger partial charge in [0.05, 0.1) is 5.56 Å². The number of halogens is 3. The summed E-state index contributed by atoms with van der Waals surface area (Å²) < 4.78 is 39.7. The van der Waals surface area contributed by atoms with E-state index in [1.54, 1.807) is 19.1 Å². The Bertz CT molecular complexity index is 791. The van der Waals surface area contributed by atoms with Crippen LogP contribution in [0.25, 0.3) is 0 Å². The van der Waals surface area contributed by atoms with Gasteiger partial charge in [-0.15, -0.1) is 0 Å². The van der Waals surface area contributed by atoms with Gasteiger partial charge in [-0.3, -0.25) is 9.59 Å². The quantitative estimate of drug-likeness (QED) is 0.848. The van der Waals surface area contributed by atoms with Crippen LogP contribution >= 0.6 is 0 Å². The maximum atomic E-state index is 13.6. The van der Waals surface area contributed by atoms with Gasteiger partial charge in [-0.2, -0.15) is 0 Å². The SMILES string of the molecule is CC(=O)Nc1ccc(C)c(NC(=O)c2ccc(F)c(F)c2F)c1. The first-order valence-corrected chi connectivity index (χ1v) is 6.62. The van der Waals surface area contributed by atoms with Crippen molar-refractivity contribution in [3.05, 3.63) is 58.9 Å². The molecule has 0 aliphatic carbocycles. The largest absolute Gasteiger partial charge is 0.326 e. The molecule has 120 valence electrons. The van der Waals surface area contributed by atoms with Crippen LogP contribution in [0.2, 0.25) is 0 Å². The summed E-state index contributed by atoms with van der Waals surface area (Å²) in [6.07, 6.45) is 0. The lowest BCUT2D eigenvalue weighted by Gasteiger charge is -2.11. The molecule has 0 aliphatic rings. The van der Waals surface area contributed by atoms with Crippen molar-refractivity contribution in [3.63, 3.8) is 0 Å². The summed E-state index contributed by atoms with van der Waals surface area (Å²) in [5.74, 6) is -5.86. The van der Waals surface area contributed by atoms with Crippen molar-refractivity contribution in [1.29, 1.82) is 0 Å². The van der Waals surface area contributed by atoms with Gasteiger partial charge in [-0.1, -0.05) is 6.07 Å². The van der Waals surface area contributed by atoms with Crippen molar-refractivity contribution in [1.82, 2.24) is 0 Å². The van der Waals surface area contributed by atoms with Crippen LogP contribution in [-0.4, -0.2) is 11.8 Å². The van der Waals surface area contributed by atoms with Gasteiger partial charge in [0.25, 0.3) is 5.91 Å². The highest BCUT2D eigenvalue weighted by Crippen LogP contribution is 2.22. The minimum absolute atomic E-state index is 0.294. The average molecular weight is 322 g/mol.